The Hall–Kier alpha value is -1.52. The van der Waals surface area contributed by atoms with E-state index in [2.05, 4.69) is 15.1 Å². The normalized spacial score (nSPS) is 21.2. The van der Waals surface area contributed by atoms with Crippen molar-refractivity contribution in [3.8, 4) is 0 Å². The molecule has 0 bridgehead atoms. The molecule has 0 radical (unpaired) electrons. The highest BCUT2D eigenvalue weighted by molar-refractivity contribution is 7.88. The molecule has 3 rings (SSSR count). The lowest BCUT2D eigenvalue weighted by Gasteiger charge is -2.38. The van der Waals surface area contributed by atoms with Crippen molar-refractivity contribution >= 4 is 15.9 Å². The molecular weight excluding hydrogens is 358 g/mol. The number of aromatic nitrogens is 2. The first-order chi connectivity index (χ1) is 12.3. The van der Waals surface area contributed by atoms with Gasteiger partial charge in [-0.3, -0.25) is 9.69 Å². The van der Waals surface area contributed by atoms with Crippen molar-refractivity contribution in [2.75, 3.05) is 52.1 Å². The van der Waals surface area contributed by atoms with Crippen molar-refractivity contribution < 1.29 is 17.6 Å². The van der Waals surface area contributed by atoms with E-state index in [1.807, 2.05) is 4.90 Å². The predicted molar refractivity (Wildman–Crippen MR) is 94.9 cm³/mol. The van der Waals surface area contributed by atoms with Crippen LogP contribution in [0.15, 0.2) is 4.42 Å². The Morgan fingerprint density at radius 3 is 2.31 bits per heavy atom. The van der Waals surface area contributed by atoms with Gasteiger partial charge in [0, 0.05) is 65.1 Å². The summed E-state index contributed by atoms with van der Waals surface area (Å²) in [6, 6.07) is 0. The molecule has 0 saturated carbocycles. The molecule has 2 aliphatic heterocycles. The highest BCUT2D eigenvalue weighted by atomic mass is 32.2. The SMILES string of the molecule is Cc1nnc(CCN2CCN(C(=O)C3CCN(S(C)(=O)=O)CC3)CC2)o1. The van der Waals surface area contributed by atoms with Crippen LogP contribution in [0.25, 0.3) is 0 Å². The number of amides is 1. The minimum Gasteiger partial charge on any atom is -0.426 e. The molecule has 0 N–H and O–H groups in total. The molecule has 1 amide bonds. The number of hydrogen-bond acceptors (Lipinski definition) is 7. The van der Waals surface area contributed by atoms with Crippen molar-refractivity contribution in [3.05, 3.63) is 11.8 Å². The Morgan fingerprint density at radius 1 is 1.12 bits per heavy atom. The summed E-state index contributed by atoms with van der Waals surface area (Å²) in [7, 11) is -3.15. The molecule has 2 aliphatic rings. The molecular formula is C16H27N5O4S. The van der Waals surface area contributed by atoms with Crippen molar-refractivity contribution in [1.29, 1.82) is 0 Å². The number of piperazine rings is 1. The van der Waals surface area contributed by atoms with E-state index >= 15 is 0 Å². The number of nitrogens with zero attached hydrogens (tertiary/aromatic N) is 5. The third-order valence-corrected chi connectivity index (χ3v) is 6.47. The lowest BCUT2D eigenvalue weighted by Crippen LogP contribution is -2.52. The van der Waals surface area contributed by atoms with Crippen molar-refractivity contribution in [3.63, 3.8) is 0 Å². The number of hydrogen-bond donors (Lipinski definition) is 0. The van der Waals surface area contributed by atoms with E-state index in [-0.39, 0.29) is 11.8 Å². The van der Waals surface area contributed by atoms with Gasteiger partial charge in [-0.1, -0.05) is 0 Å². The van der Waals surface area contributed by atoms with E-state index in [4.69, 9.17) is 4.42 Å². The second-order valence-electron chi connectivity index (χ2n) is 7.07. The van der Waals surface area contributed by atoms with Gasteiger partial charge in [0.2, 0.25) is 27.7 Å². The van der Waals surface area contributed by atoms with Crippen molar-refractivity contribution in [2.24, 2.45) is 5.92 Å². The fourth-order valence-corrected chi connectivity index (χ4v) is 4.45. The van der Waals surface area contributed by atoms with Crippen LogP contribution in [0.1, 0.15) is 24.6 Å². The monoisotopic (exact) mass is 385 g/mol. The van der Waals surface area contributed by atoms with Crippen molar-refractivity contribution in [2.45, 2.75) is 26.2 Å². The number of piperidine rings is 1. The van der Waals surface area contributed by atoms with E-state index in [1.54, 1.807) is 6.92 Å². The molecule has 2 fully saturated rings. The third-order valence-electron chi connectivity index (χ3n) is 5.17. The molecule has 146 valence electrons. The number of sulfonamides is 1. The van der Waals surface area contributed by atoms with Crippen LogP contribution in [-0.4, -0.2) is 90.7 Å². The Labute approximate surface area is 154 Å². The largest absolute Gasteiger partial charge is 0.426 e. The van der Waals surface area contributed by atoms with Gasteiger partial charge in [-0.25, -0.2) is 12.7 Å². The minimum absolute atomic E-state index is 0.0547. The molecule has 9 nitrogen and oxygen atoms in total. The minimum atomic E-state index is -3.15. The van der Waals surface area contributed by atoms with Crippen LogP contribution >= 0.6 is 0 Å². The fourth-order valence-electron chi connectivity index (χ4n) is 3.58. The summed E-state index contributed by atoms with van der Waals surface area (Å²) in [6.45, 7) is 6.61. The maximum absolute atomic E-state index is 12.7. The summed E-state index contributed by atoms with van der Waals surface area (Å²) in [5.74, 6) is 1.35. The summed E-state index contributed by atoms with van der Waals surface area (Å²) in [6.07, 6.45) is 3.17. The van der Waals surface area contributed by atoms with Gasteiger partial charge in [-0.05, 0) is 12.8 Å². The number of rotatable bonds is 5. The first kappa shape index (κ1) is 19.2. The third kappa shape index (κ3) is 4.80. The van der Waals surface area contributed by atoms with Crippen LogP contribution in [-0.2, 0) is 21.2 Å². The topological polar surface area (TPSA) is 99.9 Å². The Kier molecular flexibility index (Phi) is 5.93. The summed E-state index contributed by atoms with van der Waals surface area (Å²) in [4.78, 5) is 16.9. The van der Waals surface area contributed by atoms with E-state index in [1.165, 1.54) is 10.6 Å². The lowest BCUT2D eigenvalue weighted by molar-refractivity contribution is -0.138. The Balaban J connectivity index is 1.41. The van der Waals surface area contributed by atoms with Gasteiger partial charge < -0.3 is 9.32 Å². The first-order valence-corrected chi connectivity index (χ1v) is 10.9. The zero-order chi connectivity index (χ0) is 18.7. The van der Waals surface area contributed by atoms with Gasteiger partial charge in [0.15, 0.2) is 0 Å². The fraction of sp³-hybridized carbons (Fsp3) is 0.812. The standard InChI is InChI=1S/C16H27N5O4S/c1-13-17-18-15(25-13)5-6-19-9-11-20(12-10-19)16(22)14-3-7-21(8-4-14)26(2,23)24/h14H,3-12H2,1-2H3. The van der Waals surface area contributed by atoms with E-state index in [9.17, 15) is 13.2 Å². The van der Waals surface area contributed by atoms with E-state index < -0.39 is 10.0 Å². The van der Waals surface area contributed by atoms with Crippen LogP contribution in [0.2, 0.25) is 0 Å². The van der Waals surface area contributed by atoms with Gasteiger partial charge in [-0.2, -0.15) is 0 Å². The van der Waals surface area contributed by atoms with Gasteiger partial charge in [-0.15, -0.1) is 10.2 Å². The molecule has 0 aliphatic carbocycles. The molecule has 3 heterocycles. The van der Waals surface area contributed by atoms with Crippen LogP contribution in [0.5, 0.6) is 0 Å². The molecule has 1 aromatic rings. The van der Waals surface area contributed by atoms with Crippen LogP contribution in [0, 0.1) is 12.8 Å². The molecule has 26 heavy (non-hydrogen) atoms. The molecule has 1 aromatic heterocycles. The zero-order valence-electron chi connectivity index (χ0n) is 15.4. The van der Waals surface area contributed by atoms with Crippen molar-refractivity contribution in [1.82, 2.24) is 24.3 Å². The number of carbonyl (C=O) groups excluding carboxylic acids is 1. The number of aryl methyl sites for hydroxylation is 1. The number of carbonyl (C=O) groups is 1. The smallest absolute Gasteiger partial charge is 0.225 e. The van der Waals surface area contributed by atoms with Gasteiger partial charge >= 0.3 is 0 Å². The average molecular weight is 385 g/mol. The highest BCUT2D eigenvalue weighted by Gasteiger charge is 2.32. The Bertz CT molecular complexity index is 719. The maximum atomic E-state index is 12.7. The quantitative estimate of drug-likeness (QED) is 0.688. The average Bonchev–Trinajstić information content (AvgIpc) is 3.04. The van der Waals surface area contributed by atoms with E-state index in [0.29, 0.717) is 50.8 Å². The van der Waals surface area contributed by atoms with Gasteiger partial charge in [0.05, 0.1) is 6.26 Å². The summed E-state index contributed by atoms with van der Waals surface area (Å²) < 4.78 is 30.0. The second-order valence-corrected chi connectivity index (χ2v) is 9.05. The second kappa shape index (κ2) is 8.01. The van der Waals surface area contributed by atoms with Crippen LogP contribution in [0.4, 0.5) is 0 Å². The van der Waals surface area contributed by atoms with Crippen LogP contribution in [0.3, 0.4) is 0 Å². The maximum Gasteiger partial charge on any atom is 0.225 e. The molecule has 0 aromatic carbocycles. The van der Waals surface area contributed by atoms with Gasteiger partial charge in [0.1, 0.15) is 0 Å². The summed E-state index contributed by atoms with van der Waals surface area (Å²) in [5.41, 5.74) is 0. The molecule has 2 saturated heterocycles. The van der Waals surface area contributed by atoms with E-state index in [0.717, 1.165) is 26.1 Å². The van der Waals surface area contributed by atoms with Crippen LogP contribution < -0.4 is 0 Å². The molecule has 0 atom stereocenters. The molecule has 10 heteroatoms. The summed E-state index contributed by atoms with van der Waals surface area (Å²) >= 11 is 0. The Morgan fingerprint density at radius 2 is 1.77 bits per heavy atom. The molecule has 0 unspecified atom stereocenters. The lowest BCUT2D eigenvalue weighted by atomic mass is 9.96. The van der Waals surface area contributed by atoms with Gasteiger partial charge in [0.25, 0.3) is 0 Å². The predicted octanol–water partition coefficient (Wildman–Crippen LogP) is -0.264. The first-order valence-electron chi connectivity index (χ1n) is 9.08. The zero-order valence-corrected chi connectivity index (χ0v) is 16.2. The molecule has 0 spiro atoms. The highest BCUT2D eigenvalue weighted by Crippen LogP contribution is 2.22. The summed E-state index contributed by atoms with van der Waals surface area (Å²) in [5, 5.41) is 7.83.